The average molecular weight is 360 g/mol. The highest BCUT2D eigenvalue weighted by atomic mass is 16.5. The largest absolute Gasteiger partial charge is 0.378 e. The maximum atomic E-state index is 12.7. The van der Waals surface area contributed by atoms with E-state index in [0.717, 1.165) is 31.0 Å². The minimum Gasteiger partial charge on any atom is -0.378 e. The van der Waals surface area contributed by atoms with Gasteiger partial charge in [0.15, 0.2) is 5.82 Å². The predicted octanol–water partition coefficient (Wildman–Crippen LogP) is 1.90. The Morgan fingerprint density at radius 3 is 2.65 bits per heavy atom. The summed E-state index contributed by atoms with van der Waals surface area (Å²) < 4.78 is 5.40. The number of rotatable bonds is 5. The van der Waals surface area contributed by atoms with E-state index in [2.05, 4.69) is 15.2 Å². The number of hydrogen-bond acceptors (Lipinski definition) is 5. The molecule has 0 unspecified atom stereocenters. The van der Waals surface area contributed by atoms with Crippen molar-refractivity contribution in [2.45, 2.75) is 32.6 Å². The Labute approximate surface area is 154 Å². The molecule has 2 aliphatic heterocycles. The molecule has 0 saturated carbocycles. The van der Waals surface area contributed by atoms with E-state index < -0.39 is 0 Å². The number of likely N-dealkylation sites (tertiary alicyclic amines) is 1. The van der Waals surface area contributed by atoms with Gasteiger partial charge in [0.1, 0.15) is 0 Å². The first-order chi connectivity index (χ1) is 12.7. The van der Waals surface area contributed by atoms with Crippen molar-refractivity contribution in [3.63, 3.8) is 0 Å². The van der Waals surface area contributed by atoms with Gasteiger partial charge in [0, 0.05) is 44.7 Å². The second kappa shape index (κ2) is 8.98. The van der Waals surface area contributed by atoms with Crippen molar-refractivity contribution >= 4 is 23.3 Å². The van der Waals surface area contributed by atoms with Gasteiger partial charge >= 0.3 is 0 Å². The molecule has 0 aromatic carbocycles. The highest BCUT2D eigenvalue weighted by Gasteiger charge is 2.28. The van der Waals surface area contributed by atoms with E-state index in [0.29, 0.717) is 45.6 Å². The minimum absolute atomic E-state index is 0.0232. The molecule has 2 saturated heterocycles. The normalized spacial score (nSPS) is 18.7. The van der Waals surface area contributed by atoms with E-state index in [4.69, 9.17) is 4.74 Å². The molecule has 2 aliphatic rings. The number of piperidine rings is 1. The summed E-state index contributed by atoms with van der Waals surface area (Å²) in [4.78, 5) is 33.2. The molecular formula is C19H28N4O3. The maximum absolute atomic E-state index is 12.7. The van der Waals surface area contributed by atoms with E-state index >= 15 is 0 Å². The third kappa shape index (κ3) is 4.52. The SMILES string of the molecule is CCCC(=O)N1CCC(C(=O)Nc2cccnc2N2CCOCC2)CC1. The predicted molar refractivity (Wildman–Crippen MR) is 100 cm³/mol. The number of aromatic nitrogens is 1. The van der Waals surface area contributed by atoms with Gasteiger partial charge in [-0.3, -0.25) is 9.59 Å². The second-order valence-electron chi connectivity index (χ2n) is 6.87. The number of hydrogen-bond donors (Lipinski definition) is 1. The molecule has 142 valence electrons. The zero-order chi connectivity index (χ0) is 18.4. The number of morpholine rings is 1. The summed E-state index contributed by atoms with van der Waals surface area (Å²) in [6.07, 6.45) is 4.64. The monoisotopic (exact) mass is 360 g/mol. The molecule has 0 atom stereocenters. The molecule has 3 rings (SSSR count). The smallest absolute Gasteiger partial charge is 0.227 e. The number of carbonyl (C=O) groups excluding carboxylic acids is 2. The molecular weight excluding hydrogens is 332 g/mol. The van der Waals surface area contributed by atoms with Gasteiger partial charge in [-0.25, -0.2) is 4.98 Å². The van der Waals surface area contributed by atoms with Gasteiger partial charge in [0.05, 0.1) is 18.9 Å². The highest BCUT2D eigenvalue weighted by Crippen LogP contribution is 2.26. The molecule has 2 fully saturated rings. The third-order valence-electron chi connectivity index (χ3n) is 5.04. The lowest BCUT2D eigenvalue weighted by Gasteiger charge is -2.32. The fourth-order valence-corrected chi connectivity index (χ4v) is 3.52. The lowest BCUT2D eigenvalue weighted by Crippen LogP contribution is -2.41. The molecule has 7 nitrogen and oxygen atoms in total. The molecule has 0 spiro atoms. The first kappa shape index (κ1) is 18.6. The van der Waals surface area contributed by atoms with Crippen LogP contribution in [-0.4, -0.2) is 61.1 Å². The Hall–Kier alpha value is -2.15. The number of anilines is 2. The fourth-order valence-electron chi connectivity index (χ4n) is 3.52. The van der Waals surface area contributed by atoms with Crippen LogP contribution in [0.3, 0.4) is 0 Å². The van der Waals surface area contributed by atoms with E-state index in [-0.39, 0.29) is 17.7 Å². The Kier molecular flexibility index (Phi) is 6.44. The highest BCUT2D eigenvalue weighted by molar-refractivity contribution is 5.95. The van der Waals surface area contributed by atoms with E-state index in [1.807, 2.05) is 24.0 Å². The summed E-state index contributed by atoms with van der Waals surface area (Å²) >= 11 is 0. The van der Waals surface area contributed by atoms with Crippen LogP contribution in [0.1, 0.15) is 32.6 Å². The molecule has 26 heavy (non-hydrogen) atoms. The van der Waals surface area contributed by atoms with Crippen molar-refractivity contribution in [3.8, 4) is 0 Å². The first-order valence-electron chi connectivity index (χ1n) is 9.55. The standard InChI is InChI=1S/C19H28N4O3/c1-2-4-17(24)22-9-6-15(7-10-22)19(25)21-16-5-3-8-20-18(16)23-11-13-26-14-12-23/h3,5,8,15H,2,4,6-7,9-14H2,1H3,(H,21,25). The van der Waals surface area contributed by atoms with Gasteiger partial charge in [0.25, 0.3) is 0 Å². The number of nitrogens with zero attached hydrogens (tertiary/aromatic N) is 3. The van der Waals surface area contributed by atoms with Gasteiger partial charge in [-0.15, -0.1) is 0 Å². The zero-order valence-corrected chi connectivity index (χ0v) is 15.4. The van der Waals surface area contributed by atoms with Gasteiger partial charge < -0.3 is 19.9 Å². The van der Waals surface area contributed by atoms with Crippen molar-refractivity contribution < 1.29 is 14.3 Å². The molecule has 0 aliphatic carbocycles. The molecule has 3 heterocycles. The molecule has 0 bridgehead atoms. The lowest BCUT2D eigenvalue weighted by atomic mass is 9.95. The first-order valence-corrected chi connectivity index (χ1v) is 9.55. The lowest BCUT2D eigenvalue weighted by molar-refractivity contribution is -0.134. The average Bonchev–Trinajstić information content (AvgIpc) is 2.69. The van der Waals surface area contributed by atoms with Gasteiger partial charge in [-0.05, 0) is 31.4 Å². The van der Waals surface area contributed by atoms with Crippen LogP contribution in [0.5, 0.6) is 0 Å². The van der Waals surface area contributed by atoms with Crippen LogP contribution < -0.4 is 10.2 Å². The summed E-state index contributed by atoms with van der Waals surface area (Å²) in [7, 11) is 0. The maximum Gasteiger partial charge on any atom is 0.227 e. The van der Waals surface area contributed by atoms with E-state index in [1.165, 1.54) is 0 Å². The van der Waals surface area contributed by atoms with E-state index in [9.17, 15) is 9.59 Å². The number of nitrogens with one attached hydrogen (secondary N) is 1. The Balaban J connectivity index is 1.58. The van der Waals surface area contributed by atoms with Crippen molar-refractivity contribution in [1.29, 1.82) is 0 Å². The van der Waals surface area contributed by atoms with Gasteiger partial charge in [-0.2, -0.15) is 0 Å². The summed E-state index contributed by atoms with van der Waals surface area (Å²) in [6, 6.07) is 3.74. The zero-order valence-electron chi connectivity index (χ0n) is 15.4. The third-order valence-corrected chi connectivity index (χ3v) is 5.04. The summed E-state index contributed by atoms with van der Waals surface area (Å²) in [5.74, 6) is 0.974. The van der Waals surface area contributed by atoms with Gasteiger partial charge in [-0.1, -0.05) is 6.92 Å². The number of carbonyl (C=O) groups is 2. The summed E-state index contributed by atoms with van der Waals surface area (Å²) in [5.41, 5.74) is 0.754. The van der Waals surface area contributed by atoms with Crippen LogP contribution in [0.15, 0.2) is 18.3 Å². The molecule has 7 heteroatoms. The van der Waals surface area contributed by atoms with Crippen molar-refractivity contribution in [2.75, 3.05) is 49.6 Å². The van der Waals surface area contributed by atoms with Crippen LogP contribution in [-0.2, 0) is 14.3 Å². The minimum atomic E-state index is -0.0570. The van der Waals surface area contributed by atoms with Crippen LogP contribution in [0, 0.1) is 5.92 Å². The molecule has 1 aromatic rings. The Morgan fingerprint density at radius 1 is 1.23 bits per heavy atom. The van der Waals surface area contributed by atoms with Gasteiger partial charge in [0.2, 0.25) is 11.8 Å². The van der Waals surface area contributed by atoms with E-state index in [1.54, 1.807) is 6.20 Å². The quantitative estimate of drug-likeness (QED) is 0.868. The fraction of sp³-hybridized carbons (Fsp3) is 0.632. The van der Waals surface area contributed by atoms with Crippen LogP contribution in [0.4, 0.5) is 11.5 Å². The number of ether oxygens (including phenoxy) is 1. The van der Waals surface area contributed by atoms with Crippen molar-refractivity contribution in [2.24, 2.45) is 5.92 Å². The molecule has 2 amide bonds. The Morgan fingerprint density at radius 2 is 1.96 bits per heavy atom. The Bertz CT molecular complexity index is 623. The van der Waals surface area contributed by atoms with Crippen molar-refractivity contribution in [3.05, 3.63) is 18.3 Å². The molecule has 1 aromatic heterocycles. The summed E-state index contributed by atoms with van der Waals surface area (Å²) in [5, 5.41) is 3.06. The number of amides is 2. The summed E-state index contributed by atoms with van der Waals surface area (Å²) in [6.45, 7) is 6.25. The topological polar surface area (TPSA) is 74.8 Å². The van der Waals surface area contributed by atoms with Crippen LogP contribution in [0.2, 0.25) is 0 Å². The van der Waals surface area contributed by atoms with Crippen LogP contribution >= 0.6 is 0 Å². The molecule has 0 radical (unpaired) electrons. The van der Waals surface area contributed by atoms with Crippen LogP contribution in [0.25, 0.3) is 0 Å². The molecule has 1 N–H and O–H groups in total. The second-order valence-corrected chi connectivity index (χ2v) is 6.87. The van der Waals surface area contributed by atoms with Crippen molar-refractivity contribution in [1.82, 2.24) is 9.88 Å². The number of pyridine rings is 1.